The summed E-state index contributed by atoms with van der Waals surface area (Å²) in [6.07, 6.45) is 9.99. The van der Waals surface area contributed by atoms with Crippen LogP contribution in [0.5, 0.6) is 0 Å². The zero-order valence-electron chi connectivity index (χ0n) is 22.7. The normalized spacial score (nSPS) is 14.2. The van der Waals surface area contributed by atoms with Crippen molar-refractivity contribution in [3.8, 4) is 5.69 Å². The Morgan fingerprint density at radius 3 is 2.35 bits per heavy atom. The highest BCUT2D eigenvalue weighted by Gasteiger charge is 2.36. The number of para-hydroxylation sites is 2. The lowest BCUT2D eigenvalue weighted by molar-refractivity contribution is -0.135. The Bertz CT molecular complexity index is 1200. The van der Waals surface area contributed by atoms with E-state index in [1.165, 1.54) is 19.3 Å². The second-order valence-corrected chi connectivity index (χ2v) is 10.2. The summed E-state index contributed by atoms with van der Waals surface area (Å²) in [4.78, 5) is 31.2. The van der Waals surface area contributed by atoms with Crippen molar-refractivity contribution in [2.45, 2.75) is 78.2 Å². The molecule has 4 rings (SSSR count). The van der Waals surface area contributed by atoms with Gasteiger partial charge in [0.05, 0.1) is 17.1 Å². The van der Waals surface area contributed by atoms with Crippen LogP contribution in [-0.2, 0) is 9.59 Å². The molecule has 1 aliphatic rings. The Kier molecular flexibility index (Phi) is 9.21. The number of aromatic nitrogens is 1. The second kappa shape index (κ2) is 12.8. The van der Waals surface area contributed by atoms with Crippen molar-refractivity contribution in [2.75, 3.05) is 18.0 Å². The minimum Gasteiger partial charge on any atom is -0.333 e. The minimum absolute atomic E-state index is 0.0400. The van der Waals surface area contributed by atoms with E-state index in [1.807, 2.05) is 29.2 Å². The topological polar surface area (TPSA) is 45.6 Å². The molecule has 1 unspecified atom stereocenters. The molecule has 0 bridgehead atoms. The van der Waals surface area contributed by atoms with Crippen molar-refractivity contribution < 1.29 is 9.59 Å². The van der Waals surface area contributed by atoms with Crippen LogP contribution in [0.4, 0.5) is 5.69 Å². The van der Waals surface area contributed by atoms with Gasteiger partial charge in [0.2, 0.25) is 11.8 Å². The number of hydrogen-bond acceptors (Lipinski definition) is 2. The summed E-state index contributed by atoms with van der Waals surface area (Å²) in [7, 11) is 0. The predicted molar refractivity (Wildman–Crippen MR) is 151 cm³/mol. The number of fused-ring (bicyclic) bond motifs is 3. The predicted octanol–water partition coefficient (Wildman–Crippen LogP) is 7.21. The van der Waals surface area contributed by atoms with Gasteiger partial charge in [0.25, 0.3) is 0 Å². The maximum atomic E-state index is 14.2. The van der Waals surface area contributed by atoms with Crippen molar-refractivity contribution in [3.05, 3.63) is 83.7 Å². The molecule has 0 radical (unpaired) electrons. The second-order valence-electron chi connectivity index (χ2n) is 10.2. The van der Waals surface area contributed by atoms with E-state index in [0.29, 0.717) is 13.0 Å². The summed E-state index contributed by atoms with van der Waals surface area (Å²) < 4.78 is 2.18. The van der Waals surface area contributed by atoms with Gasteiger partial charge in [0, 0.05) is 19.2 Å². The molecule has 196 valence electrons. The van der Waals surface area contributed by atoms with E-state index < -0.39 is 0 Å². The van der Waals surface area contributed by atoms with Crippen molar-refractivity contribution in [3.63, 3.8) is 0 Å². The molecule has 0 spiro atoms. The molecule has 3 aromatic rings. The van der Waals surface area contributed by atoms with Gasteiger partial charge >= 0.3 is 0 Å². The number of rotatable bonds is 12. The van der Waals surface area contributed by atoms with E-state index in [9.17, 15) is 9.59 Å². The molecule has 37 heavy (non-hydrogen) atoms. The molecule has 0 saturated carbocycles. The quantitative estimate of drug-likeness (QED) is 0.247. The van der Waals surface area contributed by atoms with Crippen LogP contribution in [0.15, 0.2) is 66.9 Å². The van der Waals surface area contributed by atoms with Gasteiger partial charge in [-0.2, -0.15) is 0 Å². The summed E-state index contributed by atoms with van der Waals surface area (Å²) in [6, 6.07) is 20.3. The third-order valence-electron chi connectivity index (χ3n) is 7.30. The number of anilines is 1. The van der Waals surface area contributed by atoms with Gasteiger partial charge in [-0.25, -0.2) is 0 Å². The Balaban J connectivity index is 1.64. The van der Waals surface area contributed by atoms with E-state index in [0.717, 1.165) is 53.9 Å². The van der Waals surface area contributed by atoms with Crippen molar-refractivity contribution in [2.24, 2.45) is 0 Å². The van der Waals surface area contributed by atoms with Crippen LogP contribution in [0.25, 0.3) is 5.69 Å². The van der Waals surface area contributed by atoms with Gasteiger partial charge in [-0.05, 0) is 49.6 Å². The SMILES string of the molecule is CCCCCCCC(=O)N(CCCC)CC(=O)N1c2ccccc2-n2cccc2C1c1cccc(C)c1. The lowest BCUT2D eigenvalue weighted by atomic mass is 9.96. The van der Waals surface area contributed by atoms with Crippen LogP contribution in [0.2, 0.25) is 0 Å². The molecule has 1 aliphatic heterocycles. The molecule has 5 nitrogen and oxygen atoms in total. The van der Waals surface area contributed by atoms with Gasteiger partial charge in [-0.1, -0.05) is 87.9 Å². The van der Waals surface area contributed by atoms with Gasteiger partial charge in [-0.3, -0.25) is 14.5 Å². The zero-order valence-corrected chi connectivity index (χ0v) is 22.7. The highest BCUT2D eigenvalue weighted by molar-refractivity contribution is 6.00. The Morgan fingerprint density at radius 1 is 0.838 bits per heavy atom. The monoisotopic (exact) mass is 499 g/mol. The van der Waals surface area contributed by atoms with E-state index in [-0.39, 0.29) is 24.4 Å². The summed E-state index contributed by atoms with van der Waals surface area (Å²) in [5.74, 6) is 0.0564. The number of carbonyl (C=O) groups is 2. The highest BCUT2D eigenvalue weighted by atomic mass is 16.2. The molecule has 0 fully saturated rings. The fraction of sp³-hybridized carbons (Fsp3) is 0.438. The number of benzene rings is 2. The third-order valence-corrected chi connectivity index (χ3v) is 7.30. The van der Waals surface area contributed by atoms with Crippen LogP contribution >= 0.6 is 0 Å². The number of nitrogens with zero attached hydrogens (tertiary/aromatic N) is 3. The molecule has 2 amide bonds. The molecule has 0 N–H and O–H groups in total. The maximum Gasteiger partial charge on any atom is 0.247 e. The molecule has 0 saturated heterocycles. The number of aryl methyl sites for hydroxylation is 1. The average molecular weight is 500 g/mol. The van der Waals surface area contributed by atoms with Crippen LogP contribution < -0.4 is 4.90 Å². The van der Waals surface area contributed by atoms with Crippen LogP contribution in [-0.4, -0.2) is 34.4 Å². The zero-order chi connectivity index (χ0) is 26.2. The summed E-state index contributed by atoms with van der Waals surface area (Å²) in [5.41, 5.74) is 5.15. The lowest BCUT2D eigenvalue weighted by Crippen LogP contribution is -2.47. The van der Waals surface area contributed by atoms with Crippen molar-refractivity contribution in [1.82, 2.24) is 9.47 Å². The van der Waals surface area contributed by atoms with Crippen LogP contribution in [0.3, 0.4) is 0 Å². The van der Waals surface area contributed by atoms with E-state index in [2.05, 4.69) is 67.9 Å². The first-order chi connectivity index (χ1) is 18.0. The Morgan fingerprint density at radius 2 is 1.59 bits per heavy atom. The van der Waals surface area contributed by atoms with Gasteiger partial charge < -0.3 is 9.47 Å². The Hall–Kier alpha value is -3.34. The van der Waals surface area contributed by atoms with Crippen molar-refractivity contribution in [1.29, 1.82) is 0 Å². The first-order valence-electron chi connectivity index (χ1n) is 14.0. The summed E-state index contributed by atoms with van der Waals surface area (Å²) in [5, 5.41) is 0. The number of amides is 2. The fourth-order valence-electron chi connectivity index (χ4n) is 5.34. The van der Waals surface area contributed by atoms with Crippen molar-refractivity contribution >= 4 is 17.5 Å². The highest BCUT2D eigenvalue weighted by Crippen LogP contribution is 2.42. The average Bonchev–Trinajstić information content (AvgIpc) is 3.40. The molecular formula is C32H41N3O2. The molecule has 0 aliphatic carbocycles. The smallest absolute Gasteiger partial charge is 0.247 e. The van der Waals surface area contributed by atoms with E-state index in [4.69, 9.17) is 0 Å². The Labute approximate surface area is 222 Å². The number of hydrogen-bond donors (Lipinski definition) is 0. The summed E-state index contributed by atoms with van der Waals surface area (Å²) >= 11 is 0. The first-order valence-corrected chi connectivity index (χ1v) is 14.0. The maximum absolute atomic E-state index is 14.2. The van der Waals surface area contributed by atoms with E-state index >= 15 is 0 Å². The van der Waals surface area contributed by atoms with Gasteiger partial charge in [0.1, 0.15) is 12.6 Å². The standard InChI is InChI=1S/C32H41N3O2/c1-4-6-8-9-10-20-30(36)33(21-7-5-2)24-31(37)35-28-18-12-11-17-27(28)34-22-14-19-29(34)32(35)26-16-13-15-25(3)23-26/h11-19,22-23,32H,4-10,20-21,24H2,1-3H3. The molecule has 1 atom stereocenters. The largest absolute Gasteiger partial charge is 0.333 e. The number of carbonyl (C=O) groups excluding carboxylic acids is 2. The third kappa shape index (κ3) is 6.15. The van der Waals surface area contributed by atoms with Crippen LogP contribution in [0, 0.1) is 6.92 Å². The molecule has 2 heterocycles. The van der Waals surface area contributed by atoms with Gasteiger partial charge in [-0.15, -0.1) is 0 Å². The minimum atomic E-state index is -0.255. The van der Waals surface area contributed by atoms with Gasteiger partial charge in [0.15, 0.2) is 0 Å². The molecular weight excluding hydrogens is 458 g/mol. The first kappa shape index (κ1) is 26.7. The van der Waals surface area contributed by atoms with Crippen LogP contribution in [0.1, 0.15) is 88.1 Å². The summed E-state index contributed by atoms with van der Waals surface area (Å²) in [6.45, 7) is 7.13. The molecule has 5 heteroatoms. The lowest BCUT2D eigenvalue weighted by Gasteiger charge is -2.39. The molecule has 1 aromatic heterocycles. The fourth-order valence-corrected chi connectivity index (χ4v) is 5.34. The van der Waals surface area contributed by atoms with E-state index in [1.54, 1.807) is 4.90 Å². The number of unbranched alkanes of at least 4 members (excludes halogenated alkanes) is 5. The molecule has 2 aromatic carbocycles.